The van der Waals surface area contributed by atoms with Crippen LogP contribution in [0.5, 0.6) is 0 Å². The van der Waals surface area contributed by atoms with E-state index >= 15 is 0 Å². The molecule has 15 heavy (non-hydrogen) atoms. The van der Waals surface area contributed by atoms with Crippen LogP contribution in [-0.4, -0.2) is 19.6 Å². The van der Waals surface area contributed by atoms with E-state index < -0.39 is 5.41 Å². The number of nitriles is 1. The molecule has 1 rings (SSSR count). The summed E-state index contributed by atoms with van der Waals surface area (Å²) in [6, 6.07) is 9.00. The van der Waals surface area contributed by atoms with Gasteiger partial charge in [-0.15, -0.1) is 0 Å². The van der Waals surface area contributed by atoms with Gasteiger partial charge < -0.3 is 0 Å². The van der Waals surface area contributed by atoms with Gasteiger partial charge >= 0.3 is 100 Å². The van der Waals surface area contributed by atoms with Gasteiger partial charge in [-0.05, 0) is 0 Å². The molecule has 0 fully saturated rings. The van der Waals surface area contributed by atoms with Crippen molar-refractivity contribution in [3.63, 3.8) is 0 Å². The van der Waals surface area contributed by atoms with E-state index in [9.17, 15) is 4.79 Å². The standard InChI is InChI=1S/C11H10ClNOSe/c1-11(7-13,10(14)15-2)8-4-3-5-9(12)6-8/h3-6H,1-2H3. The van der Waals surface area contributed by atoms with E-state index in [1.807, 2.05) is 5.82 Å². The summed E-state index contributed by atoms with van der Waals surface area (Å²) in [4.78, 5) is 11.7. The summed E-state index contributed by atoms with van der Waals surface area (Å²) in [5, 5.41) is 9.67. The van der Waals surface area contributed by atoms with Crippen LogP contribution >= 0.6 is 11.6 Å². The summed E-state index contributed by atoms with van der Waals surface area (Å²) in [6.07, 6.45) is 0. The normalized spacial score (nSPS) is 14.0. The molecule has 2 nitrogen and oxygen atoms in total. The third-order valence-corrected chi connectivity index (χ3v) is 4.09. The fourth-order valence-electron chi connectivity index (χ4n) is 1.23. The van der Waals surface area contributed by atoms with E-state index in [-0.39, 0.29) is 19.6 Å². The Bertz CT molecular complexity index is 427. The van der Waals surface area contributed by atoms with Crippen LogP contribution in [-0.2, 0) is 10.2 Å². The van der Waals surface area contributed by atoms with Gasteiger partial charge in [0, 0.05) is 0 Å². The monoisotopic (exact) mass is 287 g/mol. The fraction of sp³-hybridized carbons (Fsp3) is 0.273. The second kappa shape index (κ2) is 4.81. The molecule has 1 aromatic carbocycles. The molecular formula is C11H10ClNOSe. The SMILES string of the molecule is C[Se]C(=O)C(C)(C#N)c1cccc(Cl)c1. The van der Waals surface area contributed by atoms with Gasteiger partial charge in [0.1, 0.15) is 0 Å². The second-order valence-electron chi connectivity index (χ2n) is 3.24. The Balaban J connectivity index is 3.24. The predicted octanol–water partition coefficient (Wildman–Crippen LogP) is 2.40. The summed E-state index contributed by atoms with van der Waals surface area (Å²) in [5.41, 5.74) is -0.383. The topological polar surface area (TPSA) is 40.9 Å². The van der Waals surface area contributed by atoms with Crippen molar-refractivity contribution in [2.75, 3.05) is 0 Å². The number of carbonyl (C=O) groups is 1. The summed E-state index contributed by atoms with van der Waals surface area (Å²) in [7, 11) is 0. The second-order valence-corrected chi connectivity index (χ2v) is 5.31. The van der Waals surface area contributed by atoms with Gasteiger partial charge in [-0.3, -0.25) is 0 Å². The molecule has 0 aromatic heterocycles. The number of nitrogens with zero attached hydrogens (tertiary/aromatic N) is 1. The molecule has 4 heteroatoms. The van der Waals surface area contributed by atoms with E-state index in [1.54, 1.807) is 31.2 Å². The van der Waals surface area contributed by atoms with Gasteiger partial charge in [-0.2, -0.15) is 0 Å². The molecule has 0 bridgehead atoms. The minimum atomic E-state index is -1.06. The van der Waals surface area contributed by atoms with Gasteiger partial charge in [-0.25, -0.2) is 0 Å². The number of carbonyl (C=O) groups excluding carboxylic acids is 1. The van der Waals surface area contributed by atoms with Crippen molar-refractivity contribution in [3.05, 3.63) is 34.9 Å². The molecule has 1 unspecified atom stereocenters. The molecule has 0 aliphatic carbocycles. The molecule has 0 heterocycles. The third-order valence-electron chi connectivity index (χ3n) is 2.22. The van der Waals surface area contributed by atoms with Crippen molar-refractivity contribution in [2.45, 2.75) is 18.2 Å². The van der Waals surface area contributed by atoms with Crippen LogP contribution in [0.4, 0.5) is 0 Å². The molecule has 1 atom stereocenters. The molecule has 0 saturated carbocycles. The minimum absolute atomic E-state index is 0.0280. The summed E-state index contributed by atoms with van der Waals surface area (Å²) >= 11 is 5.65. The predicted molar refractivity (Wildman–Crippen MR) is 61.0 cm³/mol. The van der Waals surface area contributed by atoms with Gasteiger partial charge in [0.2, 0.25) is 0 Å². The van der Waals surface area contributed by atoms with Crippen LogP contribution in [0, 0.1) is 11.3 Å². The van der Waals surface area contributed by atoms with Crippen LogP contribution < -0.4 is 0 Å². The molecular weight excluding hydrogens is 277 g/mol. The first-order chi connectivity index (χ1) is 7.04. The van der Waals surface area contributed by atoms with Crippen LogP contribution in [0.15, 0.2) is 24.3 Å². The summed E-state index contributed by atoms with van der Waals surface area (Å²) in [6.45, 7) is 1.65. The Kier molecular flexibility index (Phi) is 3.93. The Morgan fingerprint density at radius 2 is 2.27 bits per heavy atom. The van der Waals surface area contributed by atoms with Gasteiger partial charge in [0.05, 0.1) is 0 Å². The molecule has 78 valence electrons. The first-order valence-electron chi connectivity index (χ1n) is 4.30. The van der Waals surface area contributed by atoms with Crippen molar-refractivity contribution >= 4 is 31.2 Å². The van der Waals surface area contributed by atoms with Crippen molar-refractivity contribution in [2.24, 2.45) is 0 Å². The van der Waals surface area contributed by atoms with Crippen LogP contribution in [0.25, 0.3) is 0 Å². The first-order valence-corrected chi connectivity index (χ1v) is 7.25. The zero-order valence-corrected chi connectivity index (χ0v) is 10.9. The summed E-state index contributed by atoms with van der Waals surface area (Å²) < 4.78 is -0.0280. The van der Waals surface area contributed by atoms with Gasteiger partial charge in [0.25, 0.3) is 0 Å². The average molecular weight is 287 g/mol. The third kappa shape index (κ3) is 2.41. The van der Waals surface area contributed by atoms with E-state index in [2.05, 4.69) is 6.07 Å². The molecule has 0 saturated heterocycles. The number of hydrogen-bond donors (Lipinski definition) is 0. The average Bonchev–Trinajstić information content (AvgIpc) is 2.26. The Labute approximate surface area is 100 Å². The Hall–Kier alpha value is -0.811. The maximum atomic E-state index is 11.7. The van der Waals surface area contributed by atoms with Crippen LogP contribution in [0.3, 0.4) is 0 Å². The Morgan fingerprint density at radius 1 is 1.60 bits per heavy atom. The molecule has 0 aliphatic heterocycles. The number of rotatable bonds is 3. The van der Waals surface area contributed by atoms with Gasteiger partial charge in [-0.1, -0.05) is 0 Å². The first kappa shape index (κ1) is 12.3. The molecule has 0 amide bonds. The van der Waals surface area contributed by atoms with E-state index in [4.69, 9.17) is 16.9 Å². The maximum absolute atomic E-state index is 11.7. The quantitative estimate of drug-likeness (QED) is 0.801. The fourth-order valence-corrected chi connectivity index (χ4v) is 2.62. The molecule has 0 aliphatic rings. The van der Waals surface area contributed by atoms with E-state index in [1.165, 1.54) is 0 Å². The van der Waals surface area contributed by atoms with Crippen molar-refractivity contribution < 1.29 is 4.79 Å². The molecule has 0 radical (unpaired) electrons. The zero-order chi connectivity index (χ0) is 11.5. The number of hydrogen-bond acceptors (Lipinski definition) is 2. The van der Waals surface area contributed by atoms with E-state index in [0.29, 0.717) is 10.6 Å². The van der Waals surface area contributed by atoms with Crippen molar-refractivity contribution in [1.82, 2.24) is 0 Å². The number of benzene rings is 1. The van der Waals surface area contributed by atoms with Crippen LogP contribution in [0.1, 0.15) is 12.5 Å². The molecule has 1 aromatic rings. The van der Waals surface area contributed by atoms with E-state index in [0.717, 1.165) is 0 Å². The molecule has 0 spiro atoms. The summed E-state index contributed by atoms with van der Waals surface area (Å²) in [5.74, 6) is 1.81. The van der Waals surface area contributed by atoms with Crippen molar-refractivity contribution in [1.29, 1.82) is 5.26 Å². The zero-order valence-electron chi connectivity index (χ0n) is 8.45. The van der Waals surface area contributed by atoms with Crippen molar-refractivity contribution in [3.8, 4) is 6.07 Å². The van der Waals surface area contributed by atoms with Gasteiger partial charge in [0.15, 0.2) is 0 Å². The number of halogens is 1. The Morgan fingerprint density at radius 3 is 2.73 bits per heavy atom. The molecule has 0 N–H and O–H groups in total. The van der Waals surface area contributed by atoms with Crippen LogP contribution in [0.2, 0.25) is 10.8 Å².